The van der Waals surface area contributed by atoms with E-state index in [9.17, 15) is 9.59 Å². The number of carbonyl (C=O) groups excluding carboxylic acids is 1. The lowest BCUT2D eigenvalue weighted by atomic mass is 10.1. The summed E-state index contributed by atoms with van der Waals surface area (Å²) in [5.74, 6) is -0.756. The lowest BCUT2D eigenvalue weighted by Gasteiger charge is -1.96. The van der Waals surface area contributed by atoms with Crippen molar-refractivity contribution in [2.45, 2.75) is 32.6 Å². The van der Waals surface area contributed by atoms with Gasteiger partial charge < -0.3 is 15.4 Å². The third-order valence-electron chi connectivity index (χ3n) is 4.67. The SMILES string of the molecule is Cc1c(/C=C/c2ccc(Cl)cc2)[nH]c2cc(Br)ccc12.O=CNCCCCCC(=O)O. The molecule has 1 heterocycles. The van der Waals surface area contributed by atoms with Gasteiger partial charge in [0.2, 0.25) is 6.41 Å². The van der Waals surface area contributed by atoms with Gasteiger partial charge in [-0.1, -0.05) is 58.2 Å². The molecule has 0 saturated carbocycles. The van der Waals surface area contributed by atoms with Gasteiger partial charge in [0.05, 0.1) is 0 Å². The number of nitrogens with one attached hydrogen (secondary N) is 2. The van der Waals surface area contributed by atoms with Gasteiger partial charge in [-0.15, -0.1) is 0 Å². The molecule has 0 atom stereocenters. The predicted molar refractivity (Wildman–Crippen MR) is 131 cm³/mol. The number of carboxylic acid groups (broad SMARTS) is 1. The van der Waals surface area contributed by atoms with Crippen molar-refractivity contribution in [3.63, 3.8) is 0 Å². The zero-order chi connectivity index (χ0) is 22.6. The van der Waals surface area contributed by atoms with Crippen molar-refractivity contribution in [1.29, 1.82) is 0 Å². The third-order valence-corrected chi connectivity index (χ3v) is 5.41. The summed E-state index contributed by atoms with van der Waals surface area (Å²) in [5, 5.41) is 12.8. The number of carbonyl (C=O) groups is 2. The molecular weight excluding hydrogens is 480 g/mol. The summed E-state index contributed by atoms with van der Waals surface area (Å²) in [6, 6.07) is 14.1. The van der Waals surface area contributed by atoms with Gasteiger partial charge in [0, 0.05) is 39.1 Å². The number of hydrogen-bond acceptors (Lipinski definition) is 2. The Morgan fingerprint density at radius 2 is 1.87 bits per heavy atom. The molecule has 5 nitrogen and oxygen atoms in total. The van der Waals surface area contributed by atoms with Crippen molar-refractivity contribution in [2.24, 2.45) is 0 Å². The highest BCUT2D eigenvalue weighted by molar-refractivity contribution is 9.10. The highest BCUT2D eigenvalue weighted by Gasteiger charge is 2.05. The summed E-state index contributed by atoms with van der Waals surface area (Å²) >= 11 is 9.39. The highest BCUT2D eigenvalue weighted by atomic mass is 79.9. The van der Waals surface area contributed by atoms with Crippen LogP contribution in [0.15, 0.2) is 46.9 Å². The summed E-state index contributed by atoms with van der Waals surface area (Å²) in [5.41, 5.74) is 4.67. The van der Waals surface area contributed by atoms with E-state index < -0.39 is 5.97 Å². The lowest BCUT2D eigenvalue weighted by Crippen LogP contribution is -2.11. The van der Waals surface area contributed by atoms with Crippen molar-refractivity contribution >= 4 is 63.0 Å². The van der Waals surface area contributed by atoms with Crippen LogP contribution in [0.2, 0.25) is 5.02 Å². The Bertz CT molecular complexity index is 1030. The molecule has 2 aromatic carbocycles. The molecule has 0 spiro atoms. The van der Waals surface area contributed by atoms with Gasteiger partial charge in [0.25, 0.3) is 0 Å². The highest BCUT2D eigenvalue weighted by Crippen LogP contribution is 2.26. The van der Waals surface area contributed by atoms with Crippen molar-refractivity contribution in [3.8, 4) is 0 Å². The quantitative estimate of drug-likeness (QED) is 0.231. The molecular formula is C24H26BrClN2O3. The average Bonchev–Trinajstić information content (AvgIpc) is 3.05. The molecule has 3 N–H and O–H groups in total. The molecule has 1 aromatic heterocycles. The van der Waals surface area contributed by atoms with Crippen LogP contribution in [0.4, 0.5) is 0 Å². The van der Waals surface area contributed by atoms with Gasteiger partial charge in [-0.05, 0) is 61.2 Å². The van der Waals surface area contributed by atoms with Crippen molar-refractivity contribution in [2.75, 3.05) is 6.54 Å². The number of fused-ring (bicyclic) bond motifs is 1. The van der Waals surface area contributed by atoms with E-state index in [1.54, 1.807) is 0 Å². The second-order valence-corrected chi connectivity index (χ2v) is 8.37. The van der Waals surface area contributed by atoms with Crippen LogP contribution in [-0.4, -0.2) is 29.0 Å². The number of aromatic nitrogens is 1. The summed E-state index contributed by atoms with van der Waals surface area (Å²) in [6.07, 6.45) is 7.46. The molecule has 1 amide bonds. The Labute approximate surface area is 195 Å². The first kappa shape index (κ1) is 24.7. The Balaban J connectivity index is 0.000000267. The number of aromatic amines is 1. The van der Waals surface area contributed by atoms with Gasteiger partial charge in [-0.3, -0.25) is 9.59 Å². The molecule has 0 fully saturated rings. The maximum Gasteiger partial charge on any atom is 0.303 e. The second kappa shape index (κ2) is 13.0. The van der Waals surface area contributed by atoms with E-state index in [4.69, 9.17) is 16.7 Å². The molecule has 3 rings (SSSR count). The summed E-state index contributed by atoms with van der Waals surface area (Å²) in [7, 11) is 0. The molecule has 0 aliphatic rings. The van der Waals surface area contributed by atoms with Crippen molar-refractivity contribution in [1.82, 2.24) is 10.3 Å². The fourth-order valence-corrected chi connectivity index (χ4v) is 3.48. The van der Waals surface area contributed by atoms with Gasteiger partial charge in [-0.25, -0.2) is 0 Å². The fourth-order valence-electron chi connectivity index (χ4n) is 2.99. The van der Waals surface area contributed by atoms with E-state index in [0.717, 1.165) is 39.1 Å². The number of hydrogen-bond donors (Lipinski definition) is 3. The molecule has 0 bridgehead atoms. The number of carboxylic acids is 1. The lowest BCUT2D eigenvalue weighted by molar-refractivity contribution is -0.137. The molecule has 3 aromatic rings. The van der Waals surface area contributed by atoms with E-state index in [2.05, 4.69) is 63.5 Å². The Morgan fingerprint density at radius 1 is 1.13 bits per heavy atom. The van der Waals surface area contributed by atoms with Crippen molar-refractivity contribution in [3.05, 3.63) is 68.8 Å². The molecule has 164 valence electrons. The van der Waals surface area contributed by atoms with Crippen LogP contribution < -0.4 is 5.32 Å². The minimum Gasteiger partial charge on any atom is -0.481 e. The topological polar surface area (TPSA) is 82.2 Å². The first-order chi connectivity index (χ1) is 14.9. The van der Waals surface area contributed by atoms with Gasteiger partial charge in [-0.2, -0.15) is 0 Å². The predicted octanol–water partition coefficient (Wildman–Crippen LogP) is 6.44. The maximum absolute atomic E-state index is 10.0. The molecule has 0 aliphatic heterocycles. The van der Waals surface area contributed by atoms with Crippen LogP contribution in [0, 0.1) is 6.92 Å². The number of H-pyrrole nitrogens is 1. The van der Waals surface area contributed by atoms with Crippen molar-refractivity contribution < 1.29 is 14.7 Å². The standard InChI is InChI=1S/C17H13BrClN.C7H13NO3/c1-11-15-8-5-13(18)10-17(15)20-16(11)9-4-12-2-6-14(19)7-3-12;9-6-8-5-3-1-2-4-7(10)11/h2-10,20H,1H3;6H,1-5H2,(H,8,9)(H,10,11)/b9-4+;. The number of aryl methyl sites for hydroxylation is 1. The van der Waals surface area contributed by atoms with Crippen LogP contribution >= 0.6 is 27.5 Å². The minimum absolute atomic E-state index is 0.223. The Kier molecular flexibility index (Phi) is 10.3. The maximum atomic E-state index is 10.0. The van der Waals surface area contributed by atoms with E-state index >= 15 is 0 Å². The smallest absolute Gasteiger partial charge is 0.303 e. The van der Waals surface area contributed by atoms with Gasteiger partial charge in [0.15, 0.2) is 0 Å². The van der Waals surface area contributed by atoms with E-state index in [-0.39, 0.29) is 6.42 Å². The fraction of sp³-hybridized carbons (Fsp3) is 0.250. The molecule has 7 heteroatoms. The molecule has 0 unspecified atom stereocenters. The third kappa shape index (κ3) is 8.59. The van der Waals surface area contributed by atoms with Crippen LogP contribution in [-0.2, 0) is 9.59 Å². The molecule has 0 radical (unpaired) electrons. The summed E-state index contributed by atoms with van der Waals surface area (Å²) in [6.45, 7) is 2.78. The molecule has 0 aliphatic carbocycles. The number of halogens is 2. The number of amides is 1. The van der Waals surface area contributed by atoms with Crippen LogP contribution in [0.1, 0.15) is 42.5 Å². The first-order valence-electron chi connectivity index (χ1n) is 10.0. The second-order valence-electron chi connectivity index (χ2n) is 7.01. The van der Waals surface area contributed by atoms with E-state index in [1.165, 1.54) is 10.9 Å². The van der Waals surface area contributed by atoms with Gasteiger partial charge >= 0.3 is 5.97 Å². The average molecular weight is 506 g/mol. The normalized spacial score (nSPS) is 10.7. The number of benzene rings is 2. The zero-order valence-corrected chi connectivity index (χ0v) is 19.7. The Hall–Kier alpha value is -2.57. The number of rotatable bonds is 9. The monoisotopic (exact) mass is 504 g/mol. The summed E-state index contributed by atoms with van der Waals surface area (Å²) in [4.78, 5) is 23.2. The summed E-state index contributed by atoms with van der Waals surface area (Å²) < 4.78 is 1.08. The first-order valence-corrected chi connectivity index (χ1v) is 11.2. The zero-order valence-electron chi connectivity index (χ0n) is 17.3. The number of unbranched alkanes of at least 4 members (excludes halogenated alkanes) is 2. The van der Waals surface area contributed by atoms with Crippen LogP contribution in [0.5, 0.6) is 0 Å². The van der Waals surface area contributed by atoms with E-state index in [1.807, 2.05) is 24.3 Å². The minimum atomic E-state index is -0.756. The van der Waals surface area contributed by atoms with Crippen LogP contribution in [0.25, 0.3) is 23.1 Å². The number of aliphatic carboxylic acids is 1. The molecule has 31 heavy (non-hydrogen) atoms. The van der Waals surface area contributed by atoms with Gasteiger partial charge in [0.1, 0.15) is 0 Å². The van der Waals surface area contributed by atoms with Crippen LogP contribution in [0.3, 0.4) is 0 Å². The Morgan fingerprint density at radius 3 is 2.55 bits per heavy atom. The molecule has 0 saturated heterocycles. The van der Waals surface area contributed by atoms with E-state index in [0.29, 0.717) is 19.4 Å². The largest absolute Gasteiger partial charge is 0.481 e.